The van der Waals surface area contributed by atoms with Gasteiger partial charge in [0.1, 0.15) is 5.75 Å². The third-order valence-electron chi connectivity index (χ3n) is 2.40. The van der Waals surface area contributed by atoms with Crippen molar-refractivity contribution in [3.63, 3.8) is 0 Å². The van der Waals surface area contributed by atoms with E-state index in [0.717, 1.165) is 17.1 Å². The first kappa shape index (κ1) is 11.9. The smallest absolute Gasteiger partial charge is 0.120 e. The number of anilines is 1. The quantitative estimate of drug-likeness (QED) is 0.855. The van der Waals surface area contributed by atoms with E-state index < -0.39 is 0 Å². The summed E-state index contributed by atoms with van der Waals surface area (Å²) in [5.74, 6) is 0.782. The van der Waals surface area contributed by atoms with Crippen molar-refractivity contribution in [2.45, 2.75) is 6.04 Å². The number of methoxy groups -OCH3 is 1. The molecule has 1 aromatic carbocycles. The number of hydrogen-bond acceptors (Lipinski definition) is 5. The van der Waals surface area contributed by atoms with Gasteiger partial charge >= 0.3 is 0 Å². The van der Waals surface area contributed by atoms with Crippen LogP contribution in [0.25, 0.3) is 0 Å². The highest BCUT2D eigenvalue weighted by atomic mass is 32.1. The highest BCUT2D eigenvalue weighted by Gasteiger charge is 2.12. The molecule has 0 aliphatic rings. The second kappa shape index (κ2) is 5.65. The van der Waals surface area contributed by atoms with Crippen LogP contribution in [-0.4, -0.2) is 23.8 Å². The van der Waals surface area contributed by atoms with E-state index in [1.54, 1.807) is 12.6 Å². The average Bonchev–Trinajstić information content (AvgIpc) is 2.90. The Morgan fingerprint density at radius 1 is 1.53 bits per heavy atom. The Morgan fingerprint density at radius 3 is 3.06 bits per heavy atom. The summed E-state index contributed by atoms with van der Waals surface area (Å²) in [5.41, 5.74) is 3.50. The van der Waals surface area contributed by atoms with Crippen LogP contribution >= 0.6 is 11.3 Å². The van der Waals surface area contributed by atoms with Crippen LogP contribution in [-0.2, 0) is 0 Å². The fourth-order valence-electron chi connectivity index (χ4n) is 1.52. The van der Waals surface area contributed by atoms with Crippen LogP contribution in [0.5, 0.6) is 5.75 Å². The molecule has 5 heteroatoms. The molecular weight excluding hydrogens is 236 g/mol. The highest BCUT2D eigenvalue weighted by Crippen LogP contribution is 2.22. The number of aliphatic hydroxyl groups excluding tert-OH is 1. The lowest BCUT2D eigenvalue weighted by Crippen LogP contribution is -2.15. The predicted molar refractivity (Wildman–Crippen MR) is 68.6 cm³/mol. The lowest BCUT2D eigenvalue weighted by molar-refractivity contribution is 0.274. The van der Waals surface area contributed by atoms with E-state index in [9.17, 15) is 5.11 Å². The van der Waals surface area contributed by atoms with Crippen LogP contribution in [0, 0.1) is 0 Å². The third-order valence-corrected chi connectivity index (χ3v) is 3.01. The van der Waals surface area contributed by atoms with Gasteiger partial charge in [-0.1, -0.05) is 6.07 Å². The number of benzene rings is 1. The van der Waals surface area contributed by atoms with Gasteiger partial charge in [-0.3, -0.25) is 0 Å². The van der Waals surface area contributed by atoms with Crippen molar-refractivity contribution in [3.8, 4) is 5.75 Å². The van der Waals surface area contributed by atoms with Crippen molar-refractivity contribution in [1.29, 1.82) is 0 Å². The van der Waals surface area contributed by atoms with E-state index in [1.807, 2.05) is 29.6 Å². The molecular formula is C12H14N2O2S. The van der Waals surface area contributed by atoms with Crippen molar-refractivity contribution in [1.82, 2.24) is 4.98 Å². The first-order valence-corrected chi connectivity index (χ1v) is 6.17. The standard InChI is InChI=1S/C12H14N2O2S/c1-16-10-4-2-3-9(5-10)14-11(6-15)12-7-17-8-13-12/h2-5,7-8,11,14-15H,6H2,1H3. The van der Waals surface area contributed by atoms with E-state index in [1.165, 1.54) is 11.3 Å². The normalized spacial score (nSPS) is 12.1. The third kappa shape index (κ3) is 2.95. The summed E-state index contributed by atoms with van der Waals surface area (Å²) in [7, 11) is 1.63. The first-order chi connectivity index (χ1) is 8.33. The van der Waals surface area contributed by atoms with E-state index in [0.29, 0.717) is 0 Å². The molecule has 0 fully saturated rings. The lowest BCUT2D eigenvalue weighted by atomic mass is 10.2. The molecule has 2 rings (SSSR count). The largest absolute Gasteiger partial charge is 0.497 e. The van der Waals surface area contributed by atoms with E-state index >= 15 is 0 Å². The number of thiazole rings is 1. The minimum atomic E-state index is -0.187. The maximum atomic E-state index is 9.36. The van der Waals surface area contributed by atoms with Gasteiger partial charge in [0.25, 0.3) is 0 Å². The topological polar surface area (TPSA) is 54.4 Å². The summed E-state index contributed by atoms with van der Waals surface area (Å²) < 4.78 is 5.14. The molecule has 1 unspecified atom stereocenters. The summed E-state index contributed by atoms with van der Waals surface area (Å²) in [5, 5.41) is 14.5. The molecule has 2 N–H and O–H groups in total. The average molecular weight is 250 g/mol. The summed E-state index contributed by atoms with van der Waals surface area (Å²) in [4.78, 5) is 4.19. The molecule has 0 aliphatic carbocycles. The minimum Gasteiger partial charge on any atom is -0.497 e. The van der Waals surface area contributed by atoms with Gasteiger partial charge in [-0.25, -0.2) is 4.98 Å². The molecule has 0 radical (unpaired) electrons. The van der Waals surface area contributed by atoms with Crippen molar-refractivity contribution in [3.05, 3.63) is 40.8 Å². The van der Waals surface area contributed by atoms with Crippen molar-refractivity contribution in [2.75, 3.05) is 19.0 Å². The van der Waals surface area contributed by atoms with Gasteiger partial charge in [-0.05, 0) is 12.1 Å². The van der Waals surface area contributed by atoms with Gasteiger partial charge in [0, 0.05) is 17.1 Å². The number of nitrogens with one attached hydrogen (secondary N) is 1. The van der Waals surface area contributed by atoms with Crippen LogP contribution in [0.2, 0.25) is 0 Å². The predicted octanol–water partition coefficient (Wildman–Crippen LogP) is 2.30. The maximum Gasteiger partial charge on any atom is 0.120 e. The molecule has 0 amide bonds. The van der Waals surface area contributed by atoms with Gasteiger partial charge in [-0.15, -0.1) is 11.3 Å². The van der Waals surface area contributed by atoms with E-state index in [4.69, 9.17) is 4.74 Å². The number of nitrogens with zero attached hydrogens (tertiary/aromatic N) is 1. The molecule has 4 nitrogen and oxygen atoms in total. The summed E-state index contributed by atoms with van der Waals surface area (Å²) in [6.45, 7) is 0.000936. The van der Waals surface area contributed by atoms with Crippen LogP contribution in [0.15, 0.2) is 35.2 Å². The molecule has 2 aromatic rings. The van der Waals surface area contributed by atoms with E-state index in [2.05, 4.69) is 10.3 Å². The number of ether oxygens (including phenoxy) is 1. The van der Waals surface area contributed by atoms with Gasteiger partial charge in [-0.2, -0.15) is 0 Å². The first-order valence-electron chi connectivity index (χ1n) is 5.23. The molecule has 1 heterocycles. The Bertz CT molecular complexity index is 459. The monoisotopic (exact) mass is 250 g/mol. The summed E-state index contributed by atoms with van der Waals surface area (Å²) in [6.07, 6.45) is 0. The molecule has 0 spiro atoms. The van der Waals surface area contributed by atoms with Gasteiger partial charge in [0.15, 0.2) is 0 Å². The Kier molecular flexibility index (Phi) is 3.95. The molecule has 1 atom stereocenters. The molecule has 1 aromatic heterocycles. The minimum absolute atomic E-state index is 0.000936. The zero-order chi connectivity index (χ0) is 12.1. The van der Waals surface area contributed by atoms with Crippen LogP contribution in [0.4, 0.5) is 5.69 Å². The zero-order valence-electron chi connectivity index (χ0n) is 9.46. The van der Waals surface area contributed by atoms with Crippen molar-refractivity contribution < 1.29 is 9.84 Å². The van der Waals surface area contributed by atoms with Gasteiger partial charge < -0.3 is 15.2 Å². The molecule has 0 saturated carbocycles. The lowest BCUT2D eigenvalue weighted by Gasteiger charge is -2.16. The number of hydrogen-bond donors (Lipinski definition) is 2. The Balaban J connectivity index is 2.13. The molecule has 0 bridgehead atoms. The SMILES string of the molecule is COc1cccc(NC(CO)c2cscn2)c1. The number of aliphatic hydroxyl groups is 1. The van der Waals surface area contributed by atoms with Gasteiger partial charge in [0.05, 0.1) is 31.0 Å². The van der Waals surface area contributed by atoms with Crippen molar-refractivity contribution >= 4 is 17.0 Å². The Hall–Kier alpha value is -1.59. The van der Waals surface area contributed by atoms with Crippen LogP contribution in [0.1, 0.15) is 11.7 Å². The number of rotatable bonds is 5. The fraction of sp³-hybridized carbons (Fsp3) is 0.250. The summed E-state index contributed by atoms with van der Waals surface area (Å²) in [6, 6.07) is 7.40. The molecule has 17 heavy (non-hydrogen) atoms. The second-order valence-electron chi connectivity index (χ2n) is 3.52. The zero-order valence-corrected chi connectivity index (χ0v) is 10.3. The molecule has 90 valence electrons. The van der Waals surface area contributed by atoms with E-state index in [-0.39, 0.29) is 12.6 Å². The Labute approximate surface area is 104 Å². The molecule has 0 aliphatic heterocycles. The molecule has 0 saturated heterocycles. The van der Waals surface area contributed by atoms with Gasteiger partial charge in [0.2, 0.25) is 0 Å². The number of aromatic nitrogens is 1. The fourth-order valence-corrected chi connectivity index (χ4v) is 2.13. The second-order valence-corrected chi connectivity index (χ2v) is 4.24. The maximum absolute atomic E-state index is 9.36. The highest BCUT2D eigenvalue weighted by molar-refractivity contribution is 7.07. The summed E-state index contributed by atoms with van der Waals surface area (Å²) >= 11 is 1.51. The van der Waals surface area contributed by atoms with Crippen molar-refractivity contribution in [2.24, 2.45) is 0 Å². The van der Waals surface area contributed by atoms with Crippen LogP contribution in [0.3, 0.4) is 0 Å². The van der Waals surface area contributed by atoms with Crippen LogP contribution < -0.4 is 10.1 Å². The Morgan fingerprint density at radius 2 is 2.41 bits per heavy atom.